The molecule has 3 rings (SSSR count). The molecule has 37 heavy (non-hydrogen) atoms. The predicted molar refractivity (Wildman–Crippen MR) is 142 cm³/mol. The minimum atomic E-state index is -1.64. The summed E-state index contributed by atoms with van der Waals surface area (Å²) in [5.41, 5.74) is 0.304. The normalized spacial score (nSPS) is 14.3. The topological polar surface area (TPSA) is 64.3 Å². The molecule has 2 heterocycles. The molecule has 0 N–H and O–H groups in total. The van der Waals surface area contributed by atoms with Gasteiger partial charge in [0.05, 0.1) is 28.1 Å². The number of halogens is 4. The van der Waals surface area contributed by atoms with Crippen molar-refractivity contribution in [3.8, 4) is 0 Å². The van der Waals surface area contributed by atoms with E-state index in [2.05, 4.69) is 9.98 Å². The van der Waals surface area contributed by atoms with Gasteiger partial charge in [-0.1, -0.05) is 30.7 Å². The maximum absolute atomic E-state index is 15.6. The first-order valence-electron chi connectivity index (χ1n) is 11.3. The summed E-state index contributed by atoms with van der Waals surface area (Å²) in [6.07, 6.45) is 6.56. The van der Waals surface area contributed by atoms with Gasteiger partial charge in [-0.15, -0.1) is 0 Å². The monoisotopic (exact) mass is 547 g/mol. The average Bonchev–Trinajstić information content (AvgIpc) is 2.86. The molecule has 0 bridgehead atoms. The van der Waals surface area contributed by atoms with Crippen LogP contribution < -0.4 is 5.56 Å². The number of aryl methyl sites for hydroxylation is 1. The van der Waals surface area contributed by atoms with Crippen LogP contribution in [0.3, 0.4) is 0 Å². The van der Waals surface area contributed by atoms with E-state index >= 15 is 8.78 Å². The number of pyridine rings is 2. The summed E-state index contributed by atoms with van der Waals surface area (Å²) in [4.78, 5) is 21.1. The Morgan fingerprint density at radius 3 is 2.62 bits per heavy atom. The van der Waals surface area contributed by atoms with Gasteiger partial charge >= 0.3 is 0 Å². The molecule has 2 atom stereocenters. The van der Waals surface area contributed by atoms with Gasteiger partial charge in [0.15, 0.2) is 5.83 Å². The van der Waals surface area contributed by atoms with Crippen molar-refractivity contribution < 1.29 is 17.4 Å². The van der Waals surface area contributed by atoms with Gasteiger partial charge in [0.1, 0.15) is 22.4 Å². The molecule has 0 saturated carbocycles. The SMILES string of the molecule is C/C=C/N=C(/C(F)=C/n1c(C)cc(C(C)Cc2ccc(F)cn2)c(Cl)c1=O)c1cccc(S(C)=O)c1F. The van der Waals surface area contributed by atoms with Crippen molar-refractivity contribution in [3.63, 3.8) is 0 Å². The molecule has 0 aliphatic heterocycles. The fraction of sp³-hybridized carbons (Fsp3) is 0.222. The van der Waals surface area contributed by atoms with E-state index < -0.39 is 33.8 Å². The molecule has 1 aromatic carbocycles. The Hall–Kier alpha value is -3.30. The number of hydrogen-bond acceptors (Lipinski definition) is 4. The molecule has 194 valence electrons. The quantitative estimate of drug-likeness (QED) is 0.308. The van der Waals surface area contributed by atoms with Crippen LogP contribution in [0, 0.1) is 18.6 Å². The third-order valence-corrected chi connectivity index (χ3v) is 6.90. The van der Waals surface area contributed by atoms with Crippen LogP contribution in [0.4, 0.5) is 13.2 Å². The number of benzene rings is 1. The Kier molecular flexibility index (Phi) is 9.39. The number of hydrogen-bond donors (Lipinski definition) is 0. The second-order valence-electron chi connectivity index (χ2n) is 8.31. The molecule has 5 nitrogen and oxygen atoms in total. The molecule has 3 aromatic rings. The zero-order chi connectivity index (χ0) is 27.3. The summed E-state index contributed by atoms with van der Waals surface area (Å²) >= 11 is 6.40. The summed E-state index contributed by atoms with van der Waals surface area (Å²) in [6, 6.07) is 8.63. The molecule has 0 aliphatic carbocycles. The fourth-order valence-electron chi connectivity index (χ4n) is 3.72. The second-order valence-corrected chi connectivity index (χ2v) is 10.0. The maximum Gasteiger partial charge on any atom is 0.273 e. The molecule has 0 radical (unpaired) electrons. The molecular formula is C27H25ClF3N3O2S. The molecular weight excluding hydrogens is 523 g/mol. The summed E-state index contributed by atoms with van der Waals surface area (Å²) in [5.74, 6) is -2.54. The van der Waals surface area contributed by atoms with Gasteiger partial charge in [-0.25, -0.2) is 13.2 Å². The molecule has 0 aliphatic rings. The van der Waals surface area contributed by atoms with Gasteiger partial charge in [0.25, 0.3) is 5.56 Å². The van der Waals surface area contributed by atoms with E-state index in [1.807, 2.05) is 6.92 Å². The highest BCUT2D eigenvalue weighted by molar-refractivity contribution is 7.84. The van der Waals surface area contributed by atoms with Crippen LogP contribution in [0.1, 0.15) is 42.3 Å². The van der Waals surface area contributed by atoms with Gasteiger partial charge in [-0.05, 0) is 62.1 Å². The molecule has 0 spiro atoms. The van der Waals surface area contributed by atoms with Crippen LogP contribution in [0.15, 0.2) is 75.4 Å². The largest absolute Gasteiger partial charge is 0.284 e. The molecule has 0 saturated heterocycles. The van der Waals surface area contributed by atoms with E-state index in [0.717, 1.165) is 17.0 Å². The minimum Gasteiger partial charge on any atom is -0.284 e. The Morgan fingerprint density at radius 2 is 2.00 bits per heavy atom. The van der Waals surface area contributed by atoms with Gasteiger partial charge in [-0.3, -0.25) is 23.5 Å². The van der Waals surface area contributed by atoms with Gasteiger partial charge in [0, 0.05) is 29.4 Å². The van der Waals surface area contributed by atoms with Crippen LogP contribution in [0.2, 0.25) is 5.02 Å². The van der Waals surface area contributed by atoms with E-state index in [-0.39, 0.29) is 27.1 Å². The van der Waals surface area contributed by atoms with E-state index in [0.29, 0.717) is 23.4 Å². The number of aromatic nitrogens is 2. The highest BCUT2D eigenvalue weighted by Crippen LogP contribution is 2.27. The van der Waals surface area contributed by atoms with E-state index in [1.54, 1.807) is 26.0 Å². The van der Waals surface area contributed by atoms with Crippen molar-refractivity contribution in [2.45, 2.75) is 38.0 Å². The summed E-state index contributed by atoms with van der Waals surface area (Å²) in [7, 11) is -1.64. The Morgan fingerprint density at radius 1 is 1.27 bits per heavy atom. The Balaban J connectivity index is 2.05. The van der Waals surface area contributed by atoms with Crippen molar-refractivity contribution in [1.29, 1.82) is 0 Å². The second kappa shape index (κ2) is 12.3. The van der Waals surface area contributed by atoms with Crippen LogP contribution >= 0.6 is 11.6 Å². The lowest BCUT2D eigenvalue weighted by Crippen LogP contribution is -2.22. The van der Waals surface area contributed by atoms with Crippen LogP contribution in [-0.2, 0) is 17.2 Å². The van der Waals surface area contributed by atoms with Gasteiger partial charge in [-0.2, -0.15) is 0 Å². The van der Waals surface area contributed by atoms with E-state index in [9.17, 15) is 13.4 Å². The minimum absolute atomic E-state index is 0.0937. The van der Waals surface area contributed by atoms with Gasteiger partial charge in [0.2, 0.25) is 0 Å². The van der Waals surface area contributed by atoms with Crippen molar-refractivity contribution in [1.82, 2.24) is 9.55 Å². The van der Waals surface area contributed by atoms with E-state index in [4.69, 9.17) is 11.6 Å². The first-order chi connectivity index (χ1) is 17.5. The predicted octanol–water partition coefficient (Wildman–Crippen LogP) is 6.36. The van der Waals surface area contributed by atoms with Crippen LogP contribution in [0.25, 0.3) is 6.20 Å². The third-order valence-electron chi connectivity index (χ3n) is 5.59. The lowest BCUT2D eigenvalue weighted by molar-refractivity contribution is 0.591. The average molecular weight is 548 g/mol. The fourth-order valence-corrected chi connectivity index (χ4v) is 4.68. The smallest absolute Gasteiger partial charge is 0.273 e. The number of aliphatic imine (C=N–C) groups is 1. The van der Waals surface area contributed by atoms with Crippen LogP contribution in [0.5, 0.6) is 0 Å². The standard InChI is InChI=1S/C27H25ClF3N3O2S/c1-5-11-32-26(20-7-6-8-23(25(20)31)37(4)36)22(30)15-34-17(3)13-21(24(28)27(34)35)16(2)12-19-10-9-18(29)14-33-19/h5-11,13-16H,12H2,1-4H3/b11-5+,22-15-,32-26+. The zero-order valence-electron chi connectivity index (χ0n) is 20.6. The van der Waals surface area contributed by atoms with E-state index in [1.165, 1.54) is 42.8 Å². The summed E-state index contributed by atoms with van der Waals surface area (Å²) in [6.45, 7) is 5.12. The highest BCUT2D eigenvalue weighted by atomic mass is 35.5. The molecule has 2 aromatic heterocycles. The Labute approximate surface area is 220 Å². The van der Waals surface area contributed by atoms with Gasteiger partial charge < -0.3 is 0 Å². The Bertz CT molecular complexity index is 1480. The first-order valence-corrected chi connectivity index (χ1v) is 13.2. The highest BCUT2D eigenvalue weighted by Gasteiger charge is 2.21. The lowest BCUT2D eigenvalue weighted by atomic mass is 9.96. The van der Waals surface area contributed by atoms with Crippen molar-refractivity contribution in [2.24, 2.45) is 4.99 Å². The summed E-state index contributed by atoms with van der Waals surface area (Å²) in [5, 5.41) is -0.106. The molecule has 10 heteroatoms. The molecule has 2 unspecified atom stereocenters. The van der Waals surface area contributed by atoms with Crippen molar-refractivity contribution >= 4 is 34.3 Å². The molecule has 0 amide bonds. The van der Waals surface area contributed by atoms with Crippen molar-refractivity contribution in [2.75, 3.05) is 6.26 Å². The first kappa shape index (κ1) is 28.3. The number of nitrogens with zero attached hydrogens (tertiary/aromatic N) is 3. The number of rotatable bonds is 8. The molecule has 0 fully saturated rings. The number of allylic oxidation sites excluding steroid dienone is 2. The van der Waals surface area contributed by atoms with Crippen LogP contribution in [-0.4, -0.2) is 25.7 Å². The maximum atomic E-state index is 15.6. The zero-order valence-corrected chi connectivity index (χ0v) is 22.2. The summed E-state index contributed by atoms with van der Waals surface area (Å²) < 4.78 is 56.7. The van der Waals surface area contributed by atoms with Crippen molar-refractivity contribution in [3.05, 3.63) is 110 Å². The lowest BCUT2D eigenvalue weighted by Gasteiger charge is -2.16. The third kappa shape index (κ3) is 6.53.